The summed E-state index contributed by atoms with van der Waals surface area (Å²) in [5, 5.41) is 14.9. The molecule has 0 radical (unpaired) electrons. The second-order valence-electron chi connectivity index (χ2n) is 11.2. The molecule has 2 amide bonds. The van der Waals surface area contributed by atoms with Crippen molar-refractivity contribution in [2.24, 2.45) is 0 Å². The molecule has 3 N–H and O–H groups in total. The van der Waals surface area contributed by atoms with Crippen molar-refractivity contribution in [3.05, 3.63) is 137 Å². The number of ether oxygens (including phenoxy) is 3. The summed E-state index contributed by atoms with van der Waals surface area (Å²) in [6.45, 7) is 3.89. The number of hydrogen-bond donors (Lipinski definition) is 3. The van der Waals surface area contributed by atoms with Gasteiger partial charge in [-0.25, -0.2) is 4.79 Å². The van der Waals surface area contributed by atoms with Gasteiger partial charge < -0.3 is 30.0 Å². The Balaban J connectivity index is 1.36. The van der Waals surface area contributed by atoms with Crippen LogP contribution in [0.15, 0.2) is 109 Å². The molecule has 0 aromatic heterocycles. The largest absolute Gasteiger partial charge is 0.465 e. The molecule has 1 saturated heterocycles. The first-order valence-electron chi connectivity index (χ1n) is 15.6. The Labute approximate surface area is 270 Å². The van der Waals surface area contributed by atoms with E-state index in [1.807, 2.05) is 54.6 Å². The van der Waals surface area contributed by atoms with Gasteiger partial charge in [-0.3, -0.25) is 9.69 Å². The monoisotopic (exact) mass is 623 g/mol. The normalized spacial score (nSPS) is 17.8. The third-order valence-corrected chi connectivity index (χ3v) is 7.69. The third kappa shape index (κ3) is 9.73. The summed E-state index contributed by atoms with van der Waals surface area (Å²) in [5.74, 6) is -0.506. The van der Waals surface area contributed by atoms with Gasteiger partial charge in [-0.2, -0.15) is 0 Å². The number of urea groups is 1. The Morgan fingerprint density at radius 2 is 1.50 bits per heavy atom. The molecular formula is C37H41N3O6. The molecule has 1 aliphatic heterocycles. The highest BCUT2D eigenvalue weighted by Crippen LogP contribution is 2.39. The topological polar surface area (TPSA) is 109 Å². The molecular weight excluding hydrogens is 582 g/mol. The zero-order valence-corrected chi connectivity index (χ0v) is 26.0. The second-order valence-corrected chi connectivity index (χ2v) is 11.2. The Hall–Kier alpha value is -4.54. The molecule has 1 aliphatic rings. The number of anilines is 1. The number of carbonyl (C=O) groups excluding carboxylic acids is 2. The predicted octanol–water partition coefficient (Wildman–Crippen LogP) is 6.11. The van der Waals surface area contributed by atoms with Gasteiger partial charge in [0.25, 0.3) is 0 Å². The number of esters is 1. The lowest BCUT2D eigenvalue weighted by molar-refractivity contribution is -0.253. The van der Waals surface area contributed by atoms with Crippen LogP contribution < -0.4 is 10.6 Å². The molecule has 3 atom stereocenters. The number of amides is 2. The quantitative estimate of drug-likeness (QED) is 0.154. The number of nitrogens with one attached hydrogen (secondary N) is 2. The highest BCUT2D eigenvalue weighted by Gasteiger charge is 2.33. The van der Waals surface area contributed by atoms with Crippen molar-refractivity contribution in [3.63, 3.8) is 0 Å². The first-order valence-corrected chi connectivity index (χ1v) is 15.6. The van der Waals surface area contributed by atoms with Crippen LogP contribution in [0.1, 0.15) is 53.6 Å². The Morgan fingerprint density at radius 1 is 0.826 bits per heavy atom. The van der Waals surface area contributed by atoms with Gasteiger partial charge in [0, 0.05) is 37.3 Å². The maximum absolute atomic E-state index is 12.5. The number of aliphatic hydroxyl groups excluding tert-OH is 1. The van der Waals surface area contributed by atoms with Gasteiger partial charge in [0.15, 0.2) is 6.29 Å². The minimum absolute atomic E-state index is 0.0265. The molecule has 4 aromatic rings. The van der Waals surface area contributed by atoms with E-state index >= 15 is 0 Å². The van der Waals surface area contributed by atoms with E-state index in [1.54, 1.807) is 13.0 Å². The molecule has 9 nitrogen and oxygen atoms in total. The lowest BCUT2D eigenvalue weighted by Gasteiger charge is -2.38. The molecule has 0 aliphatic carbocycles. The second kappa shape index (κ2) is 16.7. The third-order valence-electron chi connectivity index (χ3n) is 7.69. The van der Waals surface area contributed by atoms with Crippen LogP contribution in [0.2, 0.25) is 0 Å². The summed E-state index contributed by atoms with van der Waals surface area (Å²) in [5.41, 5.74) is 5.56. The van der Waals surface area contributed by atoms with E-state index in [0.29, 0.717) is 18.7 Å². The van der Waals surface area contributed by atoms with Crippen LogP contribution >= 0.6 is 0 Å². The first-order chi connectivity index (χ1) is 22.5. The van der Waals surface area contributed by atoms with Crippen molar-refractivity contribution >= 4 is 17.7 Å². The molecule has 0 saturated carbocycles. The van der Waals surface area contributed by atoms with Crippen LogP contribution in [0.5, 0.6) is 0 Å². The fourth-order valence-electron chi connectivity index (χ4n) is 5.49. The molecule has 0 bridgehead atoms. The number of hydrogen-bond acceptors (Lipinski definition) is 7. The van der Waals surface area contributed by atoms with E-state index in [1.165, 1.54) is 11.1 Å². The van der Waals surface area contributed by atoms with Crippen molar-refractivity contribution in [3.8, 4) is 0 Å². The fraction of sp³-hybridized carbons (Fsp3) is 0.297. The van der Waals surface area contributed by atoms with E-state index < -0.39 is 18.3 Å². The predicted molar refractivity (Wildman–Crippen MR) is 176 cm³/mol. The fourth-order valence-corrected chi connectivity index (χ4v) is 5.49. The Kier molecular flexibility index (Phi) is 11.9. The van der Waals surface area contributed by atoms with E-state index in [0.717, 1.165) is 29.8 Å². The Bertz CT molecular complexity index is 1490. The average Bonchev–Trinajstić information content (AvgIpc) is 3.08. The van der Waals surface area contributed by atoms with Gasteiger partial charge >= 0.3 is 12.0 Å². The molecule has 1 fully saturated rings. The molecule has 9 heteroatoms. The number of benzene rings is 4. The van der Waals surface area contributed by atoms with Gasteiger partial charge in [0.1, 0.15) is 6.54 Å². The van der Waals surface area contributed by atoms with Gasteiger partial charge in [0.2, 0.25) is 0 Å². The lowest BCUT2D eigenvalue weighted by atomic mass is 9.99. The highest BCUT2D eigenvalue weighted by atomic mass is 16.7. The summed E-state index contributed by atoms with van der Waals surface area (Å²) in [6, 6.07) is 35.4. The minimum atomic E-state index is -0.694. The van der Waals surface area contributed by atoms with Crippen LogP contribution in [-0.4, -0.2) is 47.8 Å². The first kappa shape index (κ1) is 32.8. The van der Waals surface area contributed by atoms with Crippen LogP contribution in [0, 0.1) is 0 Å². The highest BCUT2D eigenvalue weighted by molar-refractivity contribution is 5.91. The van der Waals surface area contributed by atoms with Crippen LogP contribution in [0.3, 0.4) is 0 Å². The van der Waals surface area contributed by atoms with Crippen molar-refractivity contribution < 1.29 is 28.9 Å². The molecule has 3 unspecified atom stereocenters. The average molecular weight is 624 g/mol. The summed E-state index contributed by atoms with van der Waals surface area (Å²) < 4.78 is 18.1. The van der Waals surface area contributed by atoms with Gasteiger partial charge in [0.05, 0.1) is 25.4 Å². The van der Waals surface area contributed by atoms with Crippen LogP contribution in [-0.2, 0) is 38.7 Å². The summed E-state index contributed by atoms with van der Waals surface area (Å²) in [4.78, 5) is 26.5. The number of nitrogens with zero attached hydrogens (tertiary/aromatic N) is 1. The zero-order chi connectivity index (χ0) is 32.1. The molecule has 46 heavy (non-hydrogen) atoms. The van der Waals surface area contributed by atoms with E-state index in [4.69, 9.17) is 14.2 Å². The van der Waals surface area contributed by atoms with Crippen molar-refractivity contribution in [1.29, 1.82) is 0 Å². The maximum atomic E-state index is 12.5. The zero-order valence-electron chi connectivity index (χ0n) is 26.0. The lowest BCUT2D eigenvalue weighted by Crippen LogP contribution is -2.39. The van der Waals surface area contributed by atoms with E-state index in [2.05, 4.69) is 64.1 Å². The van der Waals surface area contributed by atoms with Gasteiger partial charge in [-0.1, -0.05) is 97.1 Å². The summed E-state index contributed by atoms with van der Waals surface area (Å²) in [6.07, 6.45) is -0.473. The molecule has 240 valence electrons. The number of aliphatic hydroxyl groups is 1. The van der Waals surface area contributed by atoms with Crippen molar-refractivity contribution in [2.75, 3.05) is 25.0 Å². The molecule has 5 rings (SSSR count). The molecule has 0 spiro atoms. The van der Waals surface area contributed by atoms with Gasteiger partial charge in [-0.05, 0) is 41.3 Å². The maximum Gasteiger partial charge on any atom is 0.325 e. The van der Waals surface area contributed by atoms with Crippen molar-refractivity contribution in [1.82, 2.24) is 10.2 Å². The molecule has 1 heterocycles. The summed E-state index contributed by atoms with van der Waals surface area (Å²) >= 11 is 0. The van der Waals surface area contributed by atoms with Crippen LogP contribution in [0.25, 0.3) is 0 Å². The standard InChI is InChI=1S/C37H41N3O6/c1-2-44-35(42)22-38-37(43)39-32-15-9-14-31(20-32)36-45-33(21-34(46-36)30-18-16-29(26-41)17-19-30)25-40(23-27-10-5-3-6-11-27)24-28-12-7-4-8-13-28/h3-20,33-34,36,41H,2,21-26H2,1H3,(H2,38,39,43). The van der Waals surface area contributed by atoms with Crippen LogP contribution in [0.4, 0.5) is 10.5 Å². The van der Waals surface area contributed by atoms with E-state index in [9.17, 15) is 14.7 Å². The van der Waals surface area contributed by atoms with Crippen molar-refractivity contribution in [2.45, 2.75) is 51.5 Å². The summed E-state index contributed by atoms with van der Waals surface area (Å²) in [7, 11) is 0. The molecule has 4 aromatic carbocycles. The SMILES string of the molecule is CCOC(=O)CNC(=O)Nc1cccc(C2OC(CN(Cc3ccccc3)Cc3ccccc3)CC(c3ccc(CO)cc3)O2)c1. The minimum Gasteiger partial charge on any atom is -0.465 e. The Morgan fingerprint density at radius 3 is 2.13 bits per heavy atom. The smallest absolute Gasteiger partial charge is 0.325 e. The number of carbonyl (C=O) groups is 2. The van der Waals surface area contributed by atoms with E-state index in [-0.39, 0.29) is 32.0 Å². The van der Waals surface area contributed by atoms with Gasteiger partial charge in [-0.15, -0.1) is 0 Å². The number of rotatable bonds is 13.